The summed E-state index contributed by atoms with van der Waals surface area (Å²) in [7, 11) is 0. The Labute approximate surface area is 104 Å². The average Bonchev–Trinajstić information content (AvgIpc) is 2.16. The maximum atomic E-state index is 11.5. The van der Waals surface area contributed by atoms with E-state index in [4.69, 9.17) is 0 Å². The lowest BCUT2D eigenvalue weighted by Crippen LogP contribution is -2.28. The molecular formula is C9H7IN2O4. The van der Waals surface area contributed by atoms with E-state index in [0.717, 1.165) is 6.07 Å². The number of benzene rings is 1. The minimum absolute atomic E-state index is 0.116. The van der Waals surface area contributed by atoms with Crippen molar-refractivity contribution in [2.45, 2.75) is 6.92 Å². The molecule has 0 aromatic heterocycles. The van der Waals surface area contributed by atoms with E-state index in [1.54, 1.807) is 0 Å². The summed E-state index contributed by atoms with van der Waals surface area (Å²) in [6.07, 6.45) is 0. The molecule has 1 rings (SSSR count). The minimum atomic E-state index is -0.638. The highest BCUT2D eigenvalue weighted by atomic mass is 127. The van der Waals surface area contributed by atoms with Gasteiger partial charge in [-0.15, -0.1) is 0 Å². The number of nitrogens with zero attached hydrogens (tertiary/aromatic N) is 1. The van der Waals surface area contributed by atoms with E-state index in [-0.39, 0.29) is 11.3 Å². The molecule has 0 spiro atoms. The maximum absolute atomic E-state index is 11.5. The number of imide groups is 1. The summed E-state index contributed by atoms with van der Waals surface area (Å²) in [6.45, 7) is 1.20. The summed E-state index contributed by atoms with van der Waals surface area (Å²) >= 11 is 1.87. The number of carbonyl (C=O) groups excluding carboxylic acids is 2. The molecule has 0 heterocycles. The van der Waals surface area contributed by atoms with Crippen LogP contribution < -0.4 is 5.32 Å². The average molecular weight is 334 g/mol. The van der Waals surface area contributed by atoms with Crippen LogP contribution in [0.5, 0.6) is 0 Å². The molecule has 0 aliphatic heterocycles. The number of amides is 2. The molecule has 0 atom stereocenters. The second-order valence-corrected chi connectivity index (χ2v) is 4.09. The van der Waals surface area contributed by atoms with Gasteiger partial charge in [0, 0.05) is 22.6 Å². The molecular weight excluding hydrogens is 327 g/mol. The fraction of sp³-hybridized carbons (Fsp3) is 0.111. The molecule has 1 aromatic rings. The predicted octanol–water partition coefficient (Wildman–Crippen LogP) is 1.48. The van der Waals surface area contributed by atoms with Crippen LogP contribution in [0.4, 0.5) is 5.69 Å². The molecule has 84 valence electrons. The Hall–Kier alpha value is -1.51. The van der Waals surface area contributed by atoms with Gasteiger partial charge in [0.1, 0.15) is 0 Å². The Balaban J connectivity index is 3.11. The fourth-order valence-electron chi connectivity index (χ4n) is 1.03. The number of nitro benzene ring substituents is 1. The topological polar surface area (TPSA) is 89.3 Å². The zero-order chi connectivity index (χ0) is 12.3. The van der Waals surface area contributed by atoms with E-state index in [1.807, 2.05) is 22.6 Å². The minimum Gasteiger partial charge on any atom is -0.293 e. The van der Waals surface area contributed by atoms with Gasteiger partial charge in [0.25, 0.3) is 11.6 Å². The van der Waals surface area contributed by atoms with Crippen molar-refractivity contribution >= 4 is 40.1 Å². The van der Waals surface area contributed by atoms with Gasteiger partial charge in [-0.3, -0.25) is 25.0 Å². The number of hydrogen-bond donors (Lipinski definition) is 1. The highest BCUT2D eigenvalue weighted by molar-refractivity contribution is 14.1. The Morgan fingerprint density at radius 3 is 2.56 bits per heavy atom. The van der Waals surface area contributed by atoms with Gasteiger partial charge in [-0.25, -0.2) is 0 Å². The maximum Gasteiger partial charge on any atom is 0.270 e. The van der Waals surface area contributed by atoms with Crippen LogP contribution in [-0.2, 0) is 4.79 Å². The Kier molecular flexibility index (Phi) is 3.93. The Morgan fingerprint density at radius 2 is 2.06 bits per heavy atom. The van der Waals surface area contributed by atoms with Gasteiger partial charge in [-0.1, -0.05) is 0 Å². The van der Waals surface area contributed by atoms with Crippen LogP contribution in [0.1, 0.15) is 17.3 Å². The van der Waals surface area contributed by atoms with Gasteiger partial charge in [-0.05, 0) is 28.7 Å². The van der Waals surface area contributed by atoms with Gasteiger partial charge >= 0.3 is 0 Å². The van der Waals surface area contributed by atoms with Crippen LogP contribution in [0.3, 0.4) is 0 Å². The normalized spacial score (nSPS) is 9.62. The van der Waals surface area contributed by atoms with Crippen LogP contribution >= 0.6 is 22.6 Å². The van der Waals surface area contributed by atoms with Crippen molar-refractivity contribution in [3.8, 4) is 0 Å². The van der Waals surface area contributed by atoms with Gasteiger partial charge < -0.3 is 0 Å². The third-order valence-electron chi connectivity index (χ3n) is 1.69. The SMILES string of the molecule is CC(=O)NC(=O)c1cc([N+](=O)[O-])ccc1I. The van der Waals surface area contributed by atoms with E-state index >= 15 is 0 Å². The molecule has 0 saturated carbocycles. The molecule has 6 nitrogen and oxygen atoms in total. The highest BCUT2D eigenvalue weighted by Gasteiger charge is 2.15. The first-order valence-electron chi connectivity index (χ1n) is 4.17. The zero-order valence-corrected chi connectivity index (χ0v) is 10.3. The molecule has 0 fully saturated rings. The van der Waals surface area contributed by atoms with Crippen molar-refractivity contribution in [1.29, 1.82) is 0 Å². The van der Waals surface area contributed by atoms with E-state index in [9.17, 15) is 19.7 Å². The van der Waals surface area contributed by atoms with Crippen LogP contribution in [0.25, 0.3) is 0 Å². The summed E-state index contributed by atoms with van der Waals surface area (Å²) in [4.78, 5) is 32.1. The second kappa shape index (κ2) is 5.01. The summed E-state index contributed by atoms with van der Waals surface area (Å²) in [5.41, 5.74) is -0.0703. The number of nitro groups is 1. The molecule has 1 N–H and O–H groups in total. The zero-order valence-electron chi connectivity index (χ0n) is 8.19. The van der Waals surface area contributed by atoms with Crippen LogP contribution in [0, 0.1) is 13.7 Å². The quantitative estimate of drug-likeness (QED) is 0.504. The Bertz CT molecular complexity index is 473. The van der Waals surface area contributed by atoms with E-state index < -0.39 is 16.7 Å². The van der Waals surface area contributed by atoms with Crippen molar-refractivity contribution in [1.82, 2.24) is 5.32 Å². The van der Waals surface area contributed by atoms with Crippen molar-refractivity contribution < 1.29 is 14.5 Å². The summed E-state index contributed by atoms with van der Waals surface area (Å²) in [5.74, 6) is -1.15. The third-order valence-corrected chi connectivity index (χ3v) is 2.64. The largest absolute Gasteiger partial charge is 0.293 e. The highest BCUT2D eigenvalue weighted by Crippen LogP contribution is 2.19. The van der Waals surface area contributed by atoms with Gasteiger partial charge in [0.15, 0.2) is 0 Å². The number of carbonyl (C=O) groups is 2. The molecule has 0 aliphatic carbocycles. The van der Waals surface area contributed by atoms with Crippen molar-refractivity contribution in [2.24, 2.45) is 0 Å². The number of non-ortho nitro benzene ring substituents is 1. The van der Waals surface area contributed by atoms with Crippen LogP contribution in [0.2, 0.25) is 0 Å². The molecule has 2 amide bonds. The third kappa shape index (κ3) is 2.99. The number of hydrogen-bond acceptors (Lipinski definition) is 4. The lowest BCUT2D eigenvalue weighted by atomic mass is 10.2. The number of rotatable bonds is 2. The standard InChI is InChI=1S/C9H7IN2O4/c1-5(13)11-9(14)7-4-6(12(15)16)2-3-8(7)10/h2-4H,1H3,(H,11,13,14). The molecule has 0 radical (unpaired) electrons. The summed E-state index contributed by atoms with van der Waals surface area (Å²) < 4.78 is 0.543. The molecule has 0 unspecified atom stereocenters. The lowest BCUT2D eigenvalue weighted by Gasteiger charge is -2.03. The van der Waals surface area contributed by atoms with Crippen molar-refractivity contribution in [3.05, 3.63) is 37.4 Å². The van der Waals surface area contributed by atoms with Gasteiger partial charge in [0.2, 0.25) is 5.91 Å². The fourth-order valence-corrected chi connectivity index (χ4v) is 1.61. The molecule has 16 heavy (non-hydrogen) atoms. The monoisotopic (exact) mass is 334 g/mol. The summed E-state index contributed by atoms with van der Waals surface area (Å²) in [6, 6.07) is 3.89. The number of nitrogens with one attached hydrogen (secondary N) is 1. The Morgan fingerprint density at radius 1 is 1.44 bits per heavy atom. The molecule has 0 saturated heterocycles. The number of halogens is 1. The molecule has 7 heteroatoms. The first kappa shape index (κ1) is 12.6. The molecule has 0 aliphatic rings. The van der Waals surface area contributed by atoms with Crippen LogP contribution in [0.15, 0.2) is 18.2 Å². The summed E-state index contributed by atoms with van der Waals surface area (Å²) in [5, 5.41) is 12.6. The van der Waals surface area contributed by atoms with Crippen molar-refractivity contribution in [3.63, 3.8) is 0 Å². The van der Waals surface area contributed by atoms with E-state index in [1.165, 1.54) is 19.1 Å². The predicted molar refractivity (Wildman–Crippen MR) is 64.0 cm³/mol. The first-order valence-corrected chi connectivity index (χ1v) is 5.25. The first-order chi connectivity index (χ1) is 7.41. The smallest absolute Gasteiger partial charge is 0.270 e. The van der Waals surface area contributed by atoms with Crippen molar-refractivity contribution in [2.75, 3.05) is 0 Å². The van der Waals surface area contributed by atoms with E-state index in [0.29, 0.717) is 3.57 Å². The van der Waals surface area contributed by atoms with Gasteiger partial charge in [0.05, 0.1) is 10.5 Å². The second-order valence-electron chi connectivity index (χ2n) is 2.93. The van der Waals surface area contributed by atoms with Gasteiger partial charge in [-0.2, -0.15) is 0 Å². The molecule has 1 aromatic carbocycles. The molecule has 0 bridgehead atoms. The van der Waals surface area contributed by atoms with E-state index in [2.05, 4.69) is 5.32 Å². The lowest BCUT2D eigenvalue weighted by molar-refractivity contribution is -0.384. The van der Waals surface area contributed by atoms with Crippen LogP contribution in [-0.4, -0.2) is 16.7 Å².